The summed E-state index contributed by atoms with van der Waals surface area (Å²) in [7, 11) is 0. The van der Waals surface area contributed by atoms with Crippen LogP contribution in [-0.2, 0) is 6.42 Å². The highest BCUT2D eigenvalue weighted by Gasteiger charge is 2.01. The predicted molar refractivity (Wildman–Crippen MR) is 63.6 cm³/mol. The fourth-order valence-corrected chi connectivity index (χ4v) is 1.71. The average Bonchev–Trinajstić information content (AvgIpc) is 2.33. The van der Waals surface area contributed by atoms with Gasteiger partial charge in [0.05, 0.1) is 0 Å². The van der Waals surface area contributed by atoms with Crippen LogP contribution in [0.2, 0.25) is 0 Å². The lowest BCUT2D eigenvalue weighted by atomic mass is 10.00. The van der Waals surface area contributed by atoms with Crippen LogP contribution in [0.15, 0.2) is 42.7 Å². The molecule has 0 aliphatic heterocycles. The van der Waals surface area contributed by atoms with Crippen molar-refractivity contribution in [3.8, 4) is 0 Å². The van der Waals surface area contributed by atoms with Crippen LogP contribution in [-0.4, -0.2) is 11.3 Å². The molecule has 0 saturated heterocycles. The number of carbonyl (C=O) groups is 1. The molecular formula is C14H13NO. The van der Waals surface area contributed by atoms with E-state index in [0.717, 1.165) is 23.8 Å². The van der Waals surface area contributed by atoms with Crippen molar-refractivity contribution in [3.05, 3.63) is 65.0 Å². The minimum atomic E-state index is 0.729. The zero-order valence-corrected chi connectivity index (χ0v) is 9.18. The Kier molecular flexibility index (Phi) is 3.10. The largest absolute Gasteiger partial charge is 0.298 e. The van der Waals surface area contributed by atoms with Gasteiger partial charge >= 0.3 is 0 Å². The van der Waals surface area contributed by atoms with Crippen LogP contribution in [0, 0.1) is 6.92 Å². The second-order valence-electron chi connectivity index (χ2n) is 3.84. The van der Waals surface area contributed by atoms with Gasteiger partial charge in [0, 0.05) is 18.0 Å². The molecule has 2 aromatic rings. The molecule has 0 amide bonds. The minimum absolute atomic E-state index is 0.729. The zero-order chi connectivity index (χ0) is 11.4. The van der Waals surface area contributed by atoms with E-state index in [1.807, 2.05) is 37.4 Å². The van der Waals surface area contributed by atoms with Gasteiger partial charge in [-0.05, 0) is 42.2 Å². The van der Waals surface area contributed by atoms with Crippen LogP contribution in [0.5, 0.6) is 0 Å². The van der Waals surface area contributed by atoms with E-state index in [1.54, 1.807) is 6.20 Å². The number of carbonyl (C=O) groups excluding carboxylic acids is 1. The summed E-state index contributed by atoms with van der Waals surface area (Å²) in [6.07, 6.45) is 5.37. The van der Waals surface area contributed by atoms with Gasteiger partial charge in [0.25, 0.3) is 0 Å². The number of hydrogen-bond donors (Lipinski definition) is 0. The third-order valence-corrected chi connectivity index (χ3v) is 2.62. The molecule has 80 valence electrons. The van der Waals surface area contributed by atoms with Gasteiger partial charge in [-0.15, -0.1) is 0 Å². The Morgan fingerprint density at radius 1 is 1.31 bits per heavy atom. The maximum absolute atomic E-state index is 10.6. The smallest absolute Gasteiger partial charge is 0.150 e. The highest BCUT2D eigenvalue weighted by atomic mass is 16.1. The summed E-state index contributed by atoms with van der Waals surface area (Å²) in [6.45, 7) is 2.03. The van der Waals surface area contributed by atoms with Gasteiger partial charge in [0.15, 0.2) is 0 Å². The van der Waals surface area contributed by atoms with Gasteiger partial charge in [-0.3, -0.25) is 9.78 Å². The zero-order valence-electron chi connectivity index (χ0n) is 9.18. The lowest BCUT2D eigenvalue weighted by Gasteiger charge is -2.06. The fraction of sp³-hybridized carbons (Fsp3) is 0.143. The number of nitrogens with zero attached hydrogens (tertiary/aromatic N) is 1. The standard InChI is InChI=1S/C14H13NO/c1-11-7-13(10-16)4-5-14(11)8-12-3-2-6-15-9-12/h2-7,9-10H,8H2,1H3. The summed E-state index contributed by atoms with van der Waals surface area (Å²) < 4.78 is 0. The summed E-state index contributed by atoms with van der Waals surface area (Å²) in [5.74, 6) is 0. The number of pyridine rings is 1. The molecule has 0 bridgehead atoms. The lowest BCUT2D eigenvalue weighted by Crippen LogP contribution is -1.93. The number of benzene rings is 1. The maximum Gasteiger partial charge on any atom is 0.150 e. The molecule has 0 radical (unpaired) electrons. The van der Waals surface area contributed by atoms with Gasteiger partial charge in [-0.25, -0.2) is 0 Å². The molecule has 0 atom stereocenters. The van der Waals surface area contributed by atoms with Crippen molar-refractivity contribution in [1.29, 1.82) is 0 Å². The molecule has 0 aliphatic rings. The number of hydrogen-bond acceptors (Lipinski definition) is 2. The second-order valence-corrected chi connectivity index (χ2v) is 3.84. The minimum Gasteiger partial charge on any atom is -0.298 e. The Bertz CT molecular complexity index is 491. The number of rotatable bonds is 3. The van der Waals surface area contributed by atoms with Crippen molar-refractivity contribution in [2.75, 3.05) is 0 Å². The van der Waals surface area contributed by atoms with Crippen LogP contribution >= 0.6 is 0 Å². The van der Waals surface area contributed by atoms with Gasteiger partial charge < -0.3 is 0 Å². The first kappa shape index (κ1) is 10.6. The summed E-state index contributed by atoms with van der Waals surface area (Å²) >= 11 is 0. The fourth-order valence-electron chi connectivity index (χ4n) is 1.71. The van der Waals surface area contributed by atoms with E-state index in [1.165, 1.54) is 11.1 Å². The molecule has 1 aromatic carbocycles. The van der Waals surface area contributed by atoms with Crippen molar-refractivity contribution in [1.82, 2.24) is 4.98 Å². The van der Waals surface area contributed by atoms with E-state index < -0.39 is 0 Å². The summed E-state index contributed by atoms with van der Waals surface area (Å²) in [6, 6.07) is 9.76. The van der Waals surface area contributed by atoms with Crippen LogP contribution in [0.4, 0.5) is 0 Å². The Hall–Kier alpha value is -1.96. The van der Waals surface area contributed by atoms with Crippen molar-refractivity contribution in [3.63, 3.8) is 0 Å². The first-order chi connectivity index (χ1) is 7.79. The monoisotopic (exact) mass is 211 g/mol. The molecular weight excluding hydrogens is 198 g/mol. The second kappa shape index (κ2) is 4.71. The third-order valence-electron chi connectivity index (χ3n) is 2.62. The quantitative estimate of drug-likeness (QED) is 0.731. The highest BCUT2D eigenvalue weighted by Crippen LogP contribution is 2.14. The molecule has 1 aromatic heterocycles. The molecule has 2 nitrogen and oxygen atoms in total. The molecule has 1 heterocycles. The molecule has 2 rings (SSSR count). The molecule has 0 aliphatic carbocycles. The van der Waals surface area contributed by atoms with Crippen LogP contribution in [0.1, 0.15) is 27.0 Å². The summed E-state index contributed by atoms with van der Waals surface area (Å²) in [4.78, 5) is 14.7. The molecule has 2 heteroatoms. The van der Waals surface area contributed by atoms with Crippen LogP contribution in [0.25, 0.3) is 0 Å². The van der Waals surface area contributed by atoms with E-state index in [2.05, 4.69) is 11.1 Å². The van der Waals surface area contributed by atoms with Crippen molar-refractivity contribution in [2.24, 2.45) is 0 Å². The molecule has 0 fully saturated rings. The van der Waals surface area contributed by atoms with E-state index in [4.69, 9.17) is 0 Å². The normalized spacial score (nSPS) is 10.1. The first-order valence-corrected chi connectivity index (χ1v) is 5.23. The number of aromatic nitrogens is 1. The van der Waals surface area contributed by atoms with Gasteiger partial charge in [0.2, 0.25) is 0 Å². The van der Waals surface area contributed by atoms with Crippen molar-refractivity contribution in [2.45, 2.75) is 13.3 Å². The van der Waals surface area contributed by atoms with Gasteiger partial charge in [0.1, 0.15) is 6.29 Å². The summed E-state index contributed by atoms with van der Waals surface area (Å²) in [5, 5.41) is 0. The number of aldehydes is 1. The van der Waals surface area contributed by atoms with E-state index in [0.29, 0.717) is 0 Å². The van der Waals surface area contributed by atoms with Crippen LogP contribution < -0.4 is 0 Å². The number of aryl methyl sites for hydroxylation is 1. The SMILES string of the molecule is Cc1cc(C=O)ccc1Cc1cccnc1. The lowest BCUT2D eigenvalue weighted by molar-refractivity contribution is 0.112. The molecule has 0 unspecified atom stereocenters. The van der Waals surface area contributed by atoms with E-state index >= 15 is 0 Å². The van der Waals surface area contributed by atoms with Crippen molar-refractivity contribution < 1.29 is 4.79 Å². The third kappa shape index (κ3) is 2.34. The Balaban J connectivity index is 2.25. The summed E-state index contributed by atoms with van der Waals surface area (Å²) in [5.41, 5.74) is 4.30. The maximum atomic E-state index is 10.6. The topological polar surface area (TPSA) is 30.0 Å². The molecule has 16 heavy (non-hydrogen) atoms. The Labute approximate surface area is 95.0 Å². The molecule has 0 spiro atoms. The Morgan fingerprint density at radius 2 is 2.19 bits per heavy atom. The van der Waals surface area contributed by atoms with E-state index in [9.17, 15) is 4.79 Å². The molecule has 0 saturated carbocycles. The predicted octanol–water partition coefficient (Wildman–Crippen LogP) is 2.79. The Morgan fingerprint density at radius 3 is 2.81 bits per heavy atom. The van der Waals surface area contributed by atoms with E-state index in [-0.39, 0.29) is 0 Å². The van der Waals surface area contributed by atoms with Gasteiger partial charge in [-0.1, -0.05) is 18.2 Å². The van der Waals surface area contributed by atoms with Gasteiger partial charge in [-0.2, -0.15) is 0 Å². The van der Waals surface area contributed by atoms with Crippen LogP contribution in [0.3, 0.4) is 0 Å². The van der Waals surface area contributed by atoms with Crippen molar-refractivity contribution >= 4 is 6.29 Å². The first-order valence-electron chi connectivity index (χ1n) is 5.23. The average molecular weight is 211 g/mol. The highest BCUT2D eigenvalue weighted by molar-refractivity contribution is 5.75. The molecule has 0 N–H and O–H groups in total.